The lowest BCUT2D eigenvalue weighted by atomic mass is 9.99. The van der Waals surface area contributed by atoms with Gasteiger partial charge in [0.05, 0.1) is 5.54 Å². The van der Waals surface area contributed by atoms with Gasteiger partial charge in [-0.05, 0) is 13.8 Å². The fraction of sp³-hybridized carbons (Fsp3) is 0.643. The first kappa shape index (κ1) is 14.9. The second-order valence-electron chi connectivity index (χ2n) is 5.08. The van der Waals surface area contributed by atoms with Crippen molar-refractivity contribution in [2.75, 3.05) is 39.3 Å². The first-order chi connectivity index (χ1) is 8.54. The van der Waals surface area contributed by atoms with Crippen molar-refractivity contribution in [3.05, 3.63) is 25.3 Å². The third-order valence-corrected chi connectivity index (χ3v) is 3.42. The monoisotopic (exact) mass is 251 g/mol. The minimum atomic E-state index is -0.514. The van der Waals surface area contributed by atoms with Crippen molar-refractivity contribution in [3.8, 4) is 0 Å². The summed E-state index contributed by atoms with van der Waals surface area (Å²) in [6.45, 7) is 16.2. The predicted molar refractivity (Wildman–Crippen MR) is 75.5 cm³/mol. The summed E-state index contributed by atoms with van der Waals surface area (Å²) < 4.78 is 0. The molecule has 102 valence electrons. The minimum Gasteiger partial charge on any atom is -0.339 e. The zero-order chi connectivity index (χ0) is 13.6. The van der Waals surface area contributed by atoms with Crippen LogP contribution in [0.25, 0.3) is 0 Å². The Balaban J connectivity index is 2.76. The lowest BCUT2D eigenvalue weighted by Crippen LogP contribution is -2.59. The summed E-state index contributed by atoms with van der Waals surface area (Å²) in [5.41, 5.74) is -0.514. The molecule has 1 aliphatic heterocycles. The molecule has 0 spiro atoms. The molecule has 1 heterocycles. The van der Waals surface area contributed by atoms with Crippen LogP contribution in [-0.2, 0) is 4.79 Å². The normalized spacial score (nSPS) is 16.7. The Bertz CT molecular complexity index is 296. The molecule has 0 saturated carbocycles. The predicted octanol–water partition coefficient (Wildman–Crippen LogP) is 0.871. The molecule has 0 bridgehead atoms. The highest BCUT2D eigenvalue weighted by Crippen LogP contribution is 2.18. The van der Waals surface area contributed by atoms with Crippen LogP contribution in [0.1, 0.15) is 13.8 Å². The van der Waals surface area contributed by atoms with Crippen molar-refractivity contribution in [2.24, 2.45) is 0 Å². The molecule has 0 aliphatic carbocycles. The number of carbonyl (C=O) groups excluding carboxylic acids is 1. The van der Waals surface area contributed by atoms with Crippen molar-refractivity contribution in [1.82, 2.24) is 15.1 Å². The molecule has 18 heavy (non-hydrogen) atoms. The Kier molecular flexibility index (Phi) is 5.56. The van der Waals surface area contributed by atoms with E-state index < -0.39 is 5.54 Å². The summed E-state index contributed by atoms with van der Waals surface area (Å²) in [6.07, 6.45) is 3.66. The average molecular weight is 251 g/mol. The van der Waals surface area contributed by atoms with Crippen LogP contribution in [0.2, 0.25) is 0 Å². The number of rotatable bonds is 6. The molecule has 1 saturated heterocycles. The molecule has 4 nitrogen and oxygen atoms in total. The zero-order valence-electron chi connectivity index (χ0n) is 11.6. The smallest absolute Gasteiger partial charge is 0.242 e. The van der Waals surface area contributed by atoms with Gasteiger partial charge in [-0.2, -0.15) is 0 Å². The van der Waals surface area contributed by atoms with E-state index in [1.165, 1.54) is 0 Å². The van der Waals surface area contributed by atoms with E-state index in [-0.39, 0.29) is 5.91 Å². The molecule has 0 atom stereocenters. The number of amides is 1. The van der Waals surface area contributed by atoms with Crippen molar-refractivity contribution in [2.45, 2.75) is 19.4 Å². The van der Waals surface area contributed by atoms with Gasteiger partial charge in [-0.15, -0.1) is 13.2 Å². The number of piperazine rings is 1. The molecule has 1 N–H and O–H groups in total. The van der Waals surface area contributed by atoms with E-state index in [2.05, 4.69) is 23.4 Å². The van der Waals surface area contributed by atoms with Gasteiger partial charge in [0.2, 0.25) is 5.91 Å². The number of carbonyl (C=O) groups is 1. The molecule has 0 aromatic carbocycles. The van der Waals surface area contributed by atoms with Crippen LogP contribution in [-0.4, -0.2) is 60.5 Å². The van der Waals surface area contributed by atoms with Gasteiger partial charge in [-0.1, -0.05) is 12.2 Å². The second-order valence-corrected chi connectivity index (χ2v) is 5.08. The Hall–Kier alpha value is -1.13. The van der Waals surface area contributed by atoms with Gasteiger partial charge in [0.15, 0.2) is 0 Å². The molecule has 1 fully saturated rings. The SMILES string of the molecule is C=CCN(CC=C)C(C)(C)C(=O)N1CCNCC1. The Labute approximate surface area is 110 Å². The van der Waals surface area contributed by atoms with Gasteiger partial charge in [0.1, 0.15) is 0 Å². The molecule has 0 aromatic rings. The molecule has 4 heteroatoms. The molecule has 1 rings (SSSR count). The Morgan fingerprint density at radius 3 is 2.22 bits per heavy atom. The summed E-state index contributed by atoms with van der Waals surface area (Å²) in [5.74, 6) is 0.188. The van der Waals surface area contributed by atoms with Crippen LogP contribution in [0.3, 0.4) is 0 Å². The Morgan fingerprint density at radius 1 is 1.28 bits per heavy atom. The molecular formula is C14H25N3O. The quantitative estimate of drug-likeness (QED) is 0.712. The van der Waals surface area contributed by atoms with Crippen LogP contribution in [0.5, 0.6) is 0 Å². The highest BCUT2D eigenvalue weighted by molar-refractivity contribution is 5.85. The number of hydrogen-bond acceptors (Lipinski definition) is 3. The summed E-state index contributed by atoms with van der Waals surface area (Å²) in [5, 5.41) is 3.26. The average Bonchev–Trinajstić information content (AvgIpc) is 2.38. The van der Waals surface area contributed by atoms with Gasteiger partial charge in [-0.25, -0.2) is 0 Å². The van der Waals surface area contributed by atoms with Crippen molar-refractivity contribution in [1.29, 1.82) is 0 Å². The van der Waals surface area contributed by atoms with E-state index >= 15 is 0 Å². The van der Waals surface area contributed by atoms with E-state index in [4.69, 9.17) is 0 Å². The summed E-state index contributed by atoms with van der Waals surface area (Å²) >= 11 is 0. The highest BCUT2D eigenvalue weighted by atomic mass is 16.2. The van der Waals surface area contributed by atoms with E-state index in [1.807, 2.05) is 30.9 Å². The molecule has 0 aromatic heterocycles. The summed E-state index contributed by atoms with van der Waals surface area (Å²) in [7, 11) is 0. The standard InChI is InChI=1S/C14H25N3O/c1-5-9-17(10-6-2)14(3,4)13(18)16-11-7-15-8-12-16/h5-6,15H,1-2,7-12H2,3-4H3. The topological polar surface area (TPSA) is 35.6 Å². The zero-order valence-corrected chi connectivity index (χ0v) is 11.6. The van der Waals surface area contributed by atoms with Gasteiger partial charge in [0.25, 0.3) is 0 Å². The lowest BCUT2D eigenvalue weighted by Gasteiger charge is -2.41. The molecule has 1 amide bonds. The van der Waals surface area contributed by atoms with Crippen LogP contribution >= 0.6 is 0 Å². The third kappa shape index (κ3) is 3.43. The van der Waals surface area contributed by atoms with Crippen LogP contribution in [0.15, 0.2) is 25.3 Å². The Morgan fingerprint density at radius 2 is 1.78 bits per heavy atom. The third-order valence-electron chi connectivity index (χ3n) is 3.42. The van der Waals surface area contributed by atoms with Crippen LogP contribution < -0.4 is 5.32 Å². The minimum absolute atomic E-state index is 0.188. The fourth-order valence-electron chi connectivity index (χ4n) is 2.23. The van der Waals surface area contributed by atoms with Crippen molar-refractivity contribution < 1.29 is 4.79 Å². The molecule has 0 radical (unpaired) electrons. The van der Waals surface area contributed by atoms with Gasteiger partial charge >= 0.3 is 0 Å². The first-order valence-electron chi connectivity index (χ1n) is 6.51. The molecule has 0 unspecified atom stereocenters. The van der Waals surface area contributed by atoms with Gasteiger partial charge in [0, 0.05) is 39.3 Å². The summed E-state index contributed by atoms with van der Waals surface area (Å²) in [4.78, 5) is 16.6. The highest BCUT2D eigenvalue weighted by Gasteiger charge is 2.36. The van der Waals surface area contributed by atoms with Crippen LogP contribution in [0, 0.1) is 0 Å². The van der Waals surface area contributed by atoms with Crippen LogP contribution in [0.4, 0.5) is 0 Å². The lowest BCUT2D eigenvalue weighted by molar-refractivity contribution is -0.142. The molecule has 1 aliphatic rings. The maximum Gasteiger partial charge on any atom is 0.242 e. The van der Waals surface area contributed by atoms with Crippen molar-refractivity contribution >= 4 is 5.91 Å². The van der Waals surface area contributed by atoms with E-state index in [0.717, 1.165) is 26.2 Å². The maximum atomic E-state index is 12.6. The fourth-order valence-corrected chi connectivity index (χ4v) is 2.23. The second kappa shape index (κ2) is 6.71. The van der Waals surface area contributed by atoms with Gasteiger partial charge < -0.3 is 10.2 Å². The van der Waals surface area contributed by atoms with E-state index in [0.29, 0.717) is 13.1 Å². The van der Waals surface area contributed by atoms with Crippen molar-refractivity contribution in [3.63, 3.8) is 0 Å². The maximum absolute atomic E-state index is 12.6. The van der Waals surface area contributed by atoms with Gasteiger partial charge in [-0.3, -0.25) is 9.69 Å². The summed E-state index contributed by atoms with van der Waals surface area (Å²) in [6, 6.07) is 0. The largest absolute Gasteiger partial charge is 0.339 e. The van der Waals surface area contributed by atoms with E-state index in [9.17, 15) is 4.79 Å². The number of nitrogens with zero attached hydrogens (tertiary/aromatic N) is 2. The van der Waals surface area contributed by atoms with E-state index in [1.54, 1.807) is 0 Å². The number of nitrogens with one attached hydrogen (secondary N) is 1. The molecular weight excluding hydrogens is 226 g/mol. The first-order valence-corrected chi connectivity index (χ1v) is 6.51. The number of hydrogen-bond donors (Lipinski definition) is 1.